The van der Waals surface area contributed by atoms with Gasteiger partial charge in [-0.25, -0.2) is 4.79 Å². The summed E-state index contributed by atoms with van der Waals surface area (Å²) in [6.45, 7) is 13.3. The molecule has 0 heterocycles. The van der Waals surface area contributed by atoms with Gasteiger partial charge < -0.3 is 73.8 Å². The minimum absolute atomic E-state index is 0.0342. The van der Waals surface area contributed by atoms with Crippen molar-refractivity contribution in [1.82, 2.24) is 42.5 Å². The first-order valence-corrected chi connectivity index (χ1v) is 20.2. The average Bonchev–Trinajstić information content (AvgIpc) is 3.17. The number of carboxylic acid groups (broad SMARTS) is 1. The molecule has 11 atom stereocenters. The van der Waals surface area contributed by atoms with E-state index in [0.29, 0.717) is 6.42 Å². The summed E-state index contributed by atoms with van der Waals surface area (Å²) in [7, 11) is 0. The molecule has 0 aliphatic heterocycles. The van der Waals surface area contributed by atoms with Gasteiger partial charge in [-0.3, -0.25) is 38.4 Å². The molecule has 0 saturated heterocycles. The van der Waals surface area contributed by atoms with Crippen molar-refractivity contribution in [3.63, 3.8) is 0 Å². The third-order valence-corrected chi connectivity index (χ3v) is 9.53. The molecule has 0 aromatic heterocycles. The van der Waals surface area contributed by atoms with E-state index >= 15 is 0 Å². The number of aliphatic hydroxyl groups excluding tert-OH is 4. The summed E-state index contributed by atoms with van der Waals surface area (Å²) >= 11 is 0. The van der Waals surface area contributed by atoms with E-state index in [2.05, 4.69) is 37.2 Å². The maximum Gasteiger partial charge on any atom is 0.328 e. The maximum absolute atomic E-state index is 13.7. The summed E-state index contributed by atoms with van der Waals surface area (Å²) in [4.78, 5) is 116. The molecule has 350 valence electrons. The van der Waals surface area contributed by atoms with E-state index < -0.39 is 151 Å². The molecule has 15 N–H and O–H groups in total. The fourth-order valence-corrected chi connectivity index (χ4v) is 5.58. The lowest BCUT2D eigenvalue weighted by Crippen LogP contribution is -2.62. The van der Waals surface area contributed by atoms with Crippen LogP contribution in [0.3, 0.4) is 0 Å². The van der Waals surface area contributed by atoms with Gasteiger partial charge in [0.05, 0.1) is 32.0 Å². The lowest BCUT2D eigenvalue weighted by atomic mass is 9.95. The normalized spacial score (nSPS) is 16.8. The smallest absolute Gasteiger partial charge is 0.328 e. The second-order valence-corrected chi connectivity index (χ2v) is 16.1. The van der Waals surface area contributed by atoms with Gasteiger partial charge in [0, 0.05) is 0 Å². The number of amides is 8. The van der Waals surface area contributed by atoms with Crippen molar-refractivity contribution in [2.24, 2.45) is 29.4 Å². The van der Waals surface area contributed by atoms with Crippen molar-refractivity contribution >= 4 is 53.2 Å². The van der Waals surface area contributed by atoms with Crippen molar-refractivity contribution in [3.05, 3.63) is 0 Å². The molecule has 0 bridgehead atoms. The first-order chi connectivity index (χ1) is 28.2. The fraction of sp³-hybridized carbons (Fsp3) is 0.763. The summed E-state index contributed by atoms with van der Waals surface area (Å²) in [5, 5.41) is 67.1. The number of nitrogens with two attached hydrogens (primary N) is 1. The number of hydrogen-bond acceptors (Lipinski definition) is 14. The molecule has 0 fully saturated rings. The Morgan fingerprint density at radius 1 is 0.508 bits per heavy atom. The van der Waals surface area contributed by atoms with E-state index in [1.165, 1.54) is 0 Å². The molecule has 8 amide bonds. The Labute approximate surface area is 355 Å². The molecule has 23 nitrogen and oxygen atoms in total. The number of carbonyl (C=O) groups excluding carboxylic acids is 8. The maximum atomic E-state index is 13.7. The van der Waals surface area contributed by atoms with Gasteiger partial charge in [0.1, 0.15) is 42.3 Å². The van der Waals surface area contributed by atoms with Crippen molar-refractivity contribution in [2.75, 3.05) is 19.8 Å². The standard InChI is InChI=1S/C38H69N9O14/c1-11-19(8)28(46-31(53)22(39)14-48)36(58)45-27(18(6)7)35(57)44-26(17(4)5)34(56)41-23(12-16(2)3)33(55)42-24(15-49)32(54)40-13-25(52)43-29(20(9)50)37(59)47-30(21(10)51)38(60)61/h16-24,26-30,48-51H,11-15,39H2,1-10H3,(H,40,54)(H,41,56)(H,42,55)(H,43,52)(H,44,57)(H,45,58)(H,46,53)(H,47,59)(H,60,61). The summed E-state index contributed by atoms with van der Waals surface area (Å²) in [5.74, 6) is -10.4. The third kappa shape index (κ3) is 19.1. The second kappa shape index (κ2) is 27.1. The van der Waals surface area contributed by atoms with E-state index in [-0.39, 0.29) is 12.3 Å². The predicted octanol–water partition coefficient (Wildman–Crippen LogP) is -4.94. The van der Waals surface area contributed by atoms with Crippen LogP contribution < -0.4 is 48.3 Å². The summed E-state index contributed by atoms with van der Waals surface area (Å²) in [5.41, 5.74) is 5.62. The molecule has 0 aliphatic rings. The molecule has 0 aromatic rings. The van der Waals surface area contributed by atoms with Crippen LogP contribution in [-0.2, 0) is 43.2 Å². The zero-order valence-corrected chi connectivity index (χ0v) is 36.6. The number of hydrogen-bond donors (Lipinski definition) is 14. The number of carboxylic acids is 1. The van der Waals surface area contributed by atoms with E-state index in [1.807, 2.05) is 5.32 Å². The molecule has 61 heavy (non-hydrogen) atoms. The van der Waals surface area contributed by atoms with E-state index in [9.17, 15) is 68.7 Å². The fourth-order valence-electron chi connectivity index (χ4n) is 5.58. The largest absolute Gasteiger partial charge is 0.480 e. The van der Waals surface area contributed by atoms with Crippen LogP contribution in [0.2, 0.25) is 0 Å². The quantitative estimate of drug-likeness (QED) is 0.0368. The van der Waals surface area contributed by atoms with Crippen LogP contribution in [0.15, 0.2) is 0 Å². The van der Waals surface area contributed by atoms with Gasteiger partial charge in [-0.2, -0.15) is 0 Å². The van der Waals surface area contributed by atoms with Crippen LogP contribution in [0.5, 0.6) is 0 Å². The Morgan fingerprint density at radius 3 is 1.34 bits per heavy atom. The Morgan fingerprint density at radius 2 is 0.934 bits per heavy atom. The molecule has 0 aromatic carbocycles. The van der Waals surface area contributed by atoms with Gasteiger partial charge >= 0.3 is 5.97 Å². The number of nitrogens with one attached hydrogen (secondary N) is 8. The lowest BCUT2D eigenvalue weighted by molar-refractivity contribution is -0.145. The number of rotatable bonds is 27. The highest BCUT2D eigenvalue weighted by atomic mass is 16.4. The van der Waals surface area contributed by atoms with Crippen molar-refractivity contribution < 1.29 is 68.7 Å². The highest BCUT2D eigenvalue weighted by molar-refractivity contribution is 5.97. The van der Waals surface area contributed by atoms with Gasteiger partial charge in [0.15, 0.2) is 6.04 Å². The Bertz CT molecular complexity index is 1510. The molecular formula is C38H69N9O14. The van der Waals surface area contributed by atoms with Gasteiger partial charge in [-0.05, 0) is 43.9 Å². The van der Waals surface area contributed by atoms with E-state index in [4.69, 9.17) is 5.73 Å². The Kier molecular flexibility index (Phi) is 24.9. The van der Waals surface area contributed by atoms with Crippen molar-refractivity contribution in [2.45, 2.75) is 143 Å². The first kappa shape index (κ1) is 56.0. The molecule has 0 radical (unpaired) electrons. The summed E-state index contributed by atoms with van der Waals surface area (Å²) in [6, 6.07) is -11.2. The van der Waals surface area contributed by atoms with Gasteiger partial charge in [0.2, 0.25) is 47.3 Å². The first-order valence-electron chi connectivity index (χ1n) is 20.2. The monoisotopic (exact) mass is 875 g/mol. The average molecular weight is 876 g/mol. The lowest BCUT2D eigenvalue weighted by Gasteiger charge is -2.31. The Balaban J connectivity index is 5.94. The third-order valence-electron chi connectivity index (χ3n) is 9.53. The predicted molar refractivity (Wildman–Crippen MR) is 218 cm³/mol. The van der Waals surface area contributed by atoms with Crippen LogP contribution >= 0.6 is 0 Å². The summed E-state index contributed by atoms with van der Waals surface area (Å²) < 4.78 is 0. The molecule has 0 saturated carbocycles. The second-order valence-electron chi connectivity index (χ2n) is 16.1. The molecule has 0 aliphatic carbocycles. The number of carbonyl (C=O) groups is 9. The van der Waals surface area contributed by atoms with Crippen molar-refractivity contribution in [3.8, 4) is 0 Å². The molecule has 0 rings (SSSR count). The number of aliphatic carboxylic acids is 1. The van der Waals surface area contributed by atoms with Crippen molar-refractivity contribution in [1.29, 1.82) is 0 Å². The van der Waals surface area contributed by atoms with Crippen LogP contribution in [0, 0.1) is 23.7 Å². The van der Waals surface area contributed by atoms with Crippen LogP contribution in [0.1, 0.15) is 82.1 Å². The zero-order valence-electron chi connectivity index (χ0n) is 36.6. The van der Waals surface area contributed by atoms with E-state index in [0.717, 1.165) is 13.8 Å². The number of aliphatic hydroxyl groups is 4. The van der Waals surface area contributed by atoms with Gasteiger partial charge in [-0.1, -0.05) is 61.8 Å². The SMILES string of the molecule is CCC(C)C(NC(=O)C(N)CO)C(=O)NC(C(=O)NC(C(=O)NC(CC(C)C)C(=O)NC(CO)C(=O)NCC(=O)NC(C(=O)NC(C(=O)O)C(C)O)C(C)O)C(C)C)C(C)C. The minimum Gasteiger partial charge on any atom is -0.480 e. The van der Waals surface area contributed by atoms with E-state index in [1.54, 1.807) is 55.4 Å². The van der Waals surface area contributed by atoms with Crippen LogP contribution in [-0.4, -0.2) is 159 Å². The van der Waals surface area contributed by atoms with Gasteiger partial charge in [-0.15, -0.1) is 0 Å². The molecule has 0 spiro atoms. The zero-order chi connectivity index (χ0) is 47.5. The summed E-state index contributed by atoms with van der Waals surface area (Å²) in [6.07, 6.45) is -2.58. The Hall–Kier alpha value is -4.97. The highest BCUT2D eigenvalue weighted by Gasteiger charge is 2.37. The van der Waals surface area contributed by atoms with Crippen LogP contribution in [0.25, 0.3) is 0 Å². The molecule has 23 heteroatoms. The molecule has 11 unspecified atom stereocenters. The molecular weight excluding hydrogens is 806 g/mol. The van der Waals surface area contributed by atoms with Crippen LogP contribution in [0.4, 0.5) is 0 Å². The van der Waals surface area contributed by atoms with Gasteiger partial charge in [0.25, 0.3) is 0 Å². The highest BCUT2D eigenvalue weighted by Crippen LogP contribution is 2.13. The minimum atomic E-state index is -1.76. The topological polar surface area (TPSA) is 377 Å².